The molecule has 2 unspecified atom stereocenters. The first-order valence-corrected chi connectivity index (χ1v) is 8.67. The van der Waals surface area contributed by atoms with E-state index in [1.807, 2.05) is 0 Å². The van der Waals surface area contributed by atoms with Crippen molar-refractivity contribution in [3.05, 3.63) is 29.3 Å². The van der Waals surface area contributed by atoms with Crippen molar-refractivity contribution in [1.29, 1.82) is 0 Å². The molecule has 0 heterocycles. The van der Waals surface area contributed by atoms with Crippen molar-refractivity contribution < 1.29 is 17.9 Å². The lowest BCUT2D eigenvalue weighted by atomic mass is 9.88. The zero-order valence-corrected chi connectivity index (χ0v) is 13.2. The lowest BCUT2D eigenvalue weighted by Gasteiger charge is -2.28. The standard InChI is InChI=1S/C15H21NO4S/c1-10-7-12(9-13(8-10)21(16,18)19)15(17)20-14-6-4-3-5-11(14)2/h7-9,11,14H,3-6H2,1-2H3,(H2,16,18,19). The Hall–Kier alpha value is -1.40. The number of benzene rings is 1. The second-order valence-electron chi connectivity index (χ2n) is 5.79. The lowest BCUT2D eigenvalue weighted by molar-refractivity contribution is 0.00478. The number of hydrogen-bond acceptors (Lipinski definition) is 4. The van der Waals surface area contributed by atoms with Crippen LogP contribution in [0.5, 0.6) is 0 Å². The first-order valence-electron chi connectivity index (χ1n) is 7.13. The molecule has 1 aliphatic carbocycles. The monoisotopic (exact) mass is 311 g/mol. The summed E-state index contributed by atoms with van der Waals surface area (Å²) in [5, 5.41) is 5.12. The molecule has 5 nitrogen and oxygen atoms in total. The van der Waals surface area contributed by atoms with Crippen LogP contribution in [0.25, 0.3) is 0 Å². The highest BCUT2D eigenvalue weighted by molar-refractivity contribution is 7.89. The molecular formula is C15H21NO4S. The molecule has 0 radical (unpaired) electrons. The fourth-order valence-corrected chi connectivity index (χ4v) is 3.33. The van der Waals surface area contributed by atoms with E-state index < -0.39 is 16.0 Å². The molecule has 2 rings (SSSR count). The highest BCUT2D eigenvalue weighted by Crippen LogP contribution is 2.27. The van der Waals surface area contributed by atoms with Gasteiger partial charge in [-0.1, -0.05) is 13.3 Å². The Balaban J connectivity index is 2.21. The minimum absolute atomic E-state index is 0.0638. The Bertz CT molecular complexity index is 639. The van der Waals surface area contributed by atoms with Crippen molar-refractivity contribution in [2.24, 2.45) is 11.1 Å². The molecule has 0 spiro atoms. The maximum absolute atomic E-state index is 12.2. The van der Waals surface area contributed by atoms with Crippen molar-refractivity contribution in [2.45, 2.75) is 50.5 Å². The summed E-state index contributed by atoms with van der Waals surface area (Å²) < 4.78 is 28.4. The van der Waals surface area contributed by atoms with Crippen molar-refractivity contribution in [2.75, 3.05) is 0 Å². The molecule has 0 bridgehead atoms. The molecule has 2 atom stereocenters. The number of carbonyl (C=O) groups excluding carboxylic acids is 1. The number of sulfonamides is 1. The van der Waals surface area contributed by atoms with Gasteiger partial charge in [-0.3, -0.25) is 0 Å². The minimum atomic E-state index is -3.83. The number of aryl methyl sites for hydroxylation is 1. The molecule has 1 saturated carbocycles. The summed E-state index contributed by atoms with van der Waals surface area (Å²) in [6, 6.07) is 4.33. The van der Waals surface area contributed by atoms with Gasteiger partial charge in [-0.05, 0) is 55.9 Å². The van der Waals surface area contributed by atoms with Crippen LogP contribution in [0.1, 0.15) is 48.5 Å². The molecule has 1 fully saturated rings. The predicted molar refractivity (Wildman–Crippen MR) is 79.4 cm³/mol. The van der Waals surface area contributed by atoms with Crippen LogP contribution in [0.3, 0.4) is 0 Å². The van der Waals surface area contributed by atoms with Crippen LogP contribution in [0.2, 0.25) is 0 Å². The van der Waals surface area contributed by atoms with Gasteiger partial charge >= 0.3 is 5.97 Å². The Morgan fingerprint density at radius 2 is 1.90 bits per heavy atom. The number of nitrogens with two attached hydrogens (primary N) is 1. The summed E-state index contributed by atoms with van der Waals surface area (Å²) in [4.78, 5) is 12.2. The summed E-state index contributed by atoms with van der Waals surface area (Å²) in [5.74, 6) is -0.146. The summed E-state index contributed by atoms with van der Waals surface area (Å²) in [6.45, 7) is 3.79. The molecule has 21 heavy (non-hydrogen) atoms. The maximum atomic E-state index is 12.2. The highest BCUT2D eigenvalue weighted by atomic mass is 32.2. The summed E-state index contributed by atoms with van der Waals surface area (Å²) in [5.41, 5.74) is 0.891. The summed E-state index contributed by atoms with van der Waals surface area (Å²) in [7, 11) is -3.83. The Morgan fingerprint density at radius 3 is 2.52 bits per heavy atom. The molecule has 1 aromatic rings. The van der Waals surface area contributed by atoms with Crippen LogP contribution in [0.4, 0.5) is 0 Å². The van der Waals surface area contributed by atoms with Gasteiger partial charge in [0, 0.05) is 0 Å². The topological polar surface area (TPSA) is 86.5 Å². The van der Waals surface area contributed by atoms with Crippen LogP contribution in [0, 0.1) is 12.8 Å². The Morgan fingerprint density at radius 1 is 1.24 bits per heavy atom. The average molecular weight is 311 g/mol. The molecular weight excluding hydrogens is 290 g/mol. The Kier molecular flexibility index (Phi) is 4.68. The zero-order chi connectivity index (χ0) is 15.6. The summed E-state index contributed by atoms with van der Waals surface area (Å²) >= 11 is 0. The molecule has 2 N–H and O–H groups in total. The van der Waals surface area contributed by atoms with Gasteiger partial charge in [0.15, 0.2) is 0 Å². The molecule has 116 valence electrons. The van der Waals surface area contributed by atoms with Crippen LogP contribution in [-0.4, -0.2) is 20.5 Å². The molecule has 0 saturated heterocycles. The van der Waals surface area contributed by atoms with E-state index in [1.54, 1.807) is 13.0 Å². The van der Waals surface area contributed by atoms with Gasteiger partial charge in [0.05, 0.1) is 10.5 Å². The van der Waals surface area contributed by atoms with Crippen LogP contribution < -0.4 is 5.14 Å². The average Bonchev–Trinajstić information content (AvgIpc) is 2.39. The number of esters is 1. The third-order valence-corrected chi connectivity index (χ3v) is 4.80. The van der Waals surface area contributed by atoms with Crippen molar-refractivity contribution in [3.8, 4) is 0 Å². The van der Waals surface area contributed by atoms with Crippen LogP contribution in [-0.2, 0) is 14.8 Å². The third kappa shape index (κ3) is 4.04. The highest BCUT2D eigenvalue weighted by Gasteiger charge is 2.25. The van der Waals surface area contributed by atoms with Crippen LogP contribution in [0.15, 0.2) is 23.1 Å². The fourth-order valence-electron chi connectivity index (χ4n) is 2.69. The van der Waals surface area contributed by atoms with Gasteiger partial charge in [0.1, 0.15) is 6.10 Å². The predicted octanol–water partition coefficient (Wildman–Crippen LogP) is 2.38. The molecule has 0 amide bonds. The van der Waals surface area contributed by atoms with Gasteiger partial charge in [-0.2, -0.15) is 0 Å². The van der Waals surface area contributed by atoms with Crippen LogP contribution >= 0.6 is 0 Å². The SMILES string of the molecule is Cc1cc(C(=O)OC2CCCCC2C)cc(S(N)(=O)=O)c1. The van der Waals surface area contributed by atoms with E-state index in [2.05, 4.69) is 6.92 Å². The second kappa shape index (κ2) is 6.15. The third-order valence-electron chi connectivity index (χ3n) is 3.91. The zero-order valence-electron chi connectivity index (χ0n) is 12.3. The molecule has 1 aliphatic rings. The molecule has 6 heteroatoms. The normalized spacial score (nSPS) is 22.8. The van der Waals surface area contributed by atoms with Crippen molar-refractivity contribution >= 4 is 16.0 Å². The maximum Gasteiger partial charge on any atom is 0.338 e. The number of rotatable bonds is 3. The van der Waals surface area contributed by atoms with Crippen molar-refractivity contribution in [3.63, 3.8) is 0 Å². The lowest BCUT2D eigenvalue weighted by Crippen LogP contribution is -2.28. The number of primary sulfonamides is 1. The smallest absolute Gasteiger partial charge is 0.338 e. The largest absolute Gasteiger partial charge is 0.459 e. The van der Waals surface area contributed by atoms with Gasteiger partial charge < -0.3 is 4.74 Å². The Labute approximate surface area is 125 Å². The molecule has 0 aromatic heterocycles. The minimum Gasteiger partial charge on any atom is -0.459 e. The van der Waals surface area contributed by atoms with Gasteiger partial charge in [0.25, 0.3) is 0 Å². The first kappa shape index (κ1) is 16.0. The van der Waals surface area contributed by atoms with Gasteiger partial charge in [-0.15, -0.1) is 0 Å². The van der Waals surface area contributed by atoms with E-state index in [-0.39, 0.29) is 16.6 Å². The van der Waals surface area contributed by atoms with Gasteiger partial charge in [0.2, 0.25) is 10.0 Å². The number of ether oxygens (including phenoxy) is 1. The van der Waals surface area contributed by atoms with Gasteiger partial charge in [-0.25, -0.2) is 18.4 Å². The first-order chi connectivity index (χ1) is 9.77. The summed E-state index contributed by atoms with van der Waals surface area (Å²) in [6.07, 6.45) is 4.03. The van der Waals surface area contributed by atoms with E-state index in [0.717, 1.165) is 25.7 Å². The van der Waals surface area contributed by atoms with E-state index in [9.17, 15) is 13.2 Å². The van der Waals surface area contributed by atoms with E-state index in [4.69, 9.17) is 9.88 Å². The van der Waals surface area contributed by atoms with E-state index in [0.29, 0.717) is 11.5 Å². The molecule has 0 aliphatic heterocycles. The van der Waals surface area contributed by atoms with E-state index >= 15 is 0 Å². The van der Waals surface area contributed by atoms with E-state index in [1.165, 1.54) is 12.1 Å². The number of hydrogen-bond donors (Lipinski definition) is 1. The second-order valence-corrected chi connectivity index (χ2v) is 7.35. The van der Waals surface area contributed by atoms with Crippen molar-refractivity contribution in [1.82, 2.24) is 0 Å². The number of carbonyl (C=O) groups is 1. The molecule has 1 aromatic carbocycles. The quantitative estimate of drug-likeness (QED) is 0.868. The fraction of sp³-hybridized carbons (Fsp3) is 0.533.